The summed E-state index contributed by atoms with van der Waals surface area (Å²) < 4.78 is 0.670. The molecule has 0 aliphatic carbocycles. The van der Waals surface area contributed by atoms with Crippen molar-refractivity contribution in [2.24, 2.45) is 0 Å². The van der Waals surface area contributed by atoms with E-state index in [1.54, 1.807) is 13.1 Å². The molecule has 1 heterocycles. The minimum atomic E-state index is 0.670. The number of hydrogen-bond acceptors (Lipinski definition) is 3. The fourth-order valence-corrected chi connectivity index (χ4v) is 0.500. The van der Waals surface area contributed by atoms with Crippen LogP contribution in [0, 0.1) is 6.92 Å². The summed E-state index contributed by atoms with van der Waals surface area (Å²) in [5, 5.41) is 7.35. The molecule has 0 N–H and O–H groups in total. The molecule has 0 amide bonds. The predicted octanol–water partition coefficient (Wildman–Crippen LogP) is 0.943. The lowest BCUT2D eigenvalue weighted by molar-refractivity contribution is 0.888. The van der Waals surface area contributed by atoms with Crippen LogP contribution < -0.4 is 0 Å². The van der Waals surface area contributed by atoms with Crippen LogP contribution in [0.1, 0.15) is 5.82 Å². The van der Waals surface area contributed by atoms with E-state index >= 15 is 0 Å². The first kappa shape index (κ1) is 5.62. The largest absolute Gasteiger partial charge is 0.237 e. The topological polar surface area (TPSA) is 38.7 Å². The van der Waals surface area contributed by atoms with E-state index in [0.29, 0.717) is 10.4 Å². The van der Waals surface area contributed by atoms with Crippen molar-refractivity contribution in [3.8, 4) is 0 Å². The van der Waals surface area contributed by atoms with Gasteiger partial charge in [-0.05, 0) is 22.9 Å². The standard InChI is InChI=1S/C4H4BrN3/c1-3-6-2-4(5)8-7-3/h2H,1H3. The van der Waals surface area contributed by atoms with Crippen molar-refractivity contribution in [2.75, 3.05) is 0 Å². The molecule has 0 atom stereocenters. The third-order valence-electron chi connectivity index (χ3n) is 0.648. The number of halogens is 1. The van der Waals surface area contributed by atoms with Crippen LogP contribution in [0.4, 0.5) is 0 Å². The Hall–Kier alpha value is -0.510. The van der Waals surface area contributed by atoms with Crippen molar-refractivity contribution in [1.29, 1.82) is 0 Å². The van der Waals surface area contributed by atoms with E-state index in [2.05, 4.69) is 31.1 Å². The molecular weight excluding hydrogens is 170 g/mol. The maximum Gasteiger partial charge on any atom is 0.147 e. The Morgan fingerprint density at radius 3 is 2.62 bits per heavy atom. The van der Waals surface area contributed by atoms with Crippen LogP contribution in [0.25, 0.3) is 0 Å². The molecule has 0 saturated heterocycles. The highest BCUT2D eigenvalue weighted by Crippen LogP contribution is 1.98. The summed E-state index contributed by atoms with van der Waals surface area (Å²) in [7, 11) is 0. The quantitative estimate of drug-likeness (QED) is 0.587. The average Bonchev–Trinajstić information content (AvgIpc) is 1.77. The van der Waals surface area contributed by atoms with Gasteiger partial charge in [-0.3, -0.25) is 0 Å². The van der Waals surface area contributed by atoms with Crippen LogP contribution in [0.3, 0.4) is 0 Å². The Balaban J connectivity index is 3.03. The zero-order chi connectivity index (χ0) is 5.98. The van der Waals surface area contributed by atoms with Crippen molar-refractivity contribution < 1.29 is 0 Å². The fraction of sp³-hybridized carbons (Fsp3) is 0.250. The van der Waals surface area contributed by atoms with Gasteiger partial charge in [0.1, 0.15) is 10.4 Å². The van der Waals surface area contributed by atoms with Gasteiger partial charge in [-0.15, -0.1) is 10.2 Å². The third-order valence-corrected chi connectivity index (χ3v) is 1.01. The maximum absolute atomic E-state index is 3.86. The number of aryl methyl sites for hydroxylation is 1. The first-order valence-electron chi connectivity index (χ1n) is 2.11. The summed E-state index contributed by atoms with van der Waals surface area (Å²) in [6.45, 7) is 1.79. The summed E-state index contributed by atoms with van der Waals surface area (Å²) in [5.41, 5.74) is 0. The van der Waals surface area contributed by atoms with Gasteiger partial charge in [0.25, 0.3) is 0 Å². The van der Waals surface area contributed by atoms with Gasteiger partial charge in [0, 0.05) is 0 Å². The highest BCUT2D eigenvalue weighted by Gasteiger charge is 1.86. The molecule has 4 heteroatoms. The Morgan fingerprint density at radius 1 is 1.50 bits per heavy atom. The third kappa shape index (κ3) is 1.23. The normalized spacial score (nSPS) is 9.25. The van der Waals surface area contributed by atoms with E-state index in [4.69, 9.17) is 0 Å². The Kier molecular flexibility index (Phi) is 1.53. The lowest BCUT2D eigenvalue weighted by Gasteiger charge is -1.85. The van der Waals surface area contributed by atoms with E-state index < -0.39 is 0 Å². The first-order valence-corrected chi connectivity index (χ1v) is 2.90. The molecule has 0 fully saturated rings. The lowest BCUT2D eigenvalue weighted by Crippen LogP contribution is -1.88. The summed E-state index contributed by atoms with van der Waals surface area (Å²) in [5.74, 6) is 0.688. The maximum atomic E-state index is 3.86. The highest BCUT2D eigenvalue weighted by atomic mass is 79.9. The molecule has 1 rings (SSSR count). The molecule has 3 nitrogen and oxygen atoms in total. The first-order chi connectivity index (χ1) is 3.79. The molecule has 0 bridgehead atoms. The van der Waals surface area contributed by atoms with Crippen LogP contribution in [0.5, 0.6) is 0 Å². The minimum absolute atomic E-state index is 0.670. The molecule has 0 spiro atoms. The molecule has 1 aromatic rings. The average molecular weight is 174 g/mol. The van der Waals surface area contributed by atoms with Crippen LogP contribution >= 0.6 is 15.9 Å². The number of hydrogen-bond donors (Lipinski definition) is 0. The van der Waals surface area contributed by atoms with Gasteiger partial charge in [-0.2, -0.15) is 0 Å². The second-order valence-electron chi connectivity index (χ2n) is 1.33. The molecule has 0 aromatic carbocycles. The fourth-order valence-electron chi connectivity index (χ4n) is 0.318. The number of nitrogens with zero attached hydrogens (tertiary/aromatic N) is 3. The molecular formula is C4H4BrN3. The molecule has 0 aliphatic rings. The van der Waals surface area contributed by atoms with Gasteiger partial charge >= 0.3 is 0 Å². The molecule has 0 unspecified atom stereocenters. The predicted molar refractivity (Wildman–Crippen MR) is 32.3 cm³/mol. The van der Waals surface area contributed by atoms with E-state index in [1.165, 1.54) is 0 Å². The summed E-state index contributed by atoms with van der Waals surface area (Å²) >= 11 is 3.11. The van der Waals surface area contributed by atoms with Crippen LogP contribution in [0.15, 0.2) is 10.8 Å². The SMILES string of the molecule is Cc1ncc(Br)nn1. The van der Waals surface area contributed by atoms with Gasteiger partial charge in [-0.1, -0.05) is 0 Å². The van der Waals surface area contributed by atoms with E-state index in [1.807, 2.05) is 0 Å². The Labute approximate surface area is 55.3 Å². The van der Waals surface area contributed by atoms with Crippen LogP contribution in [-0.2, 0) is 0 Å². The molecule has 0 radical (unpaired) electrons. The van der Waals surface area contributed by atoms with Gasteiger partial charge in [-0.25, -0.2) is 4.98 Å². The number of aromatic nitrogens is 3. The van der Waals surface area contributed by atoms with Gasteiger partial charge < -0.3 is 0 Å². The minimum Gasteiger partial charge on any atom is -0.237 e. The number of rotatable bonds is 0. The highest BCUT2D eigenvalue weighted by molar-refractivity contribution is 9.10. The Bertz CT molecular complexity index is 150. The van der Waals surface area contributed by atoms with Crippen LogP contribution in [-0.4, -0.2) is 15.2 Å². The second-order valence-corrected chi connectivity index (χ2v) is 2.14. The second kappa shape index (κ2) is 2.17. The van der Waals surface area contributed by atoms with Crippen molar-refractivity contribution in [1.82, 2.24) is 15.2 Å². The van der Waals surface area contributed by atoms with Gasteiger partial charge in [0.15, 0.2) is 0 Å². The lowest BCUT2D eigenvalue weighted by atomic mass is 10.7. The van der Waals surface area contributed by atoms with Crippen molar-refractivity contribution >= 4 is 15.9 Å². The van der Waals surface area contributed by atoms with Crippen LogP contribution in [0.2, 0.25) is 0 Å². The van der Waals surface area contributed by atoms with E-state index in [-0.39, 0.29) is 0 Å². The smallest absolute Gasteiger partial charge is 0.147 e. The zero-order valence-electron chi connectivity index (χ0n) is 4.30. The molecule has 0 saturated carbocycles. The van der Waals surface area contributed by atoms with Gasteiger partial charge in [0.05, 0.1) is 6.20 Å². The van der Waals surface area contributed by atoms with Crippen molar-refractivity contribution in [3.63, 3.8) is 0 Å². The monoisotopic (exact) mass is 173 g/mol. The summed E-state index contributed by atoms with van der Waals surface area (Å²) in [6, 6.07) is 0. The summed E-state index contributed by atoms with van der Waals surface area (Å²) in [6.07, 6.45) is 1.61. The van der Waals surface area contributed by atoms with Crippen molar-refractivity contribution in [2.45, 2.75) is 6.92 Å². The molecule has 1 aromatic heterocycles. The van der Waals surface area contributed by atoms with E-state index in [0.717, 1.165) is 0 Å². The molecule has 0 aliphatic heterocycles. The van der Waals surface area contributed by atoms with E-state index in [9.17, 15) is 0 Å². The Morgan fingerprint density at radius 2 is 2.25 bits per heavy atom. The molecule has 8 heavy (non-hydrogen) atoms. The zero-order valence-corrected chi connectivity index (χ0v) is 5.88. The summed E-state index contributed by atoms with van der Waals surface area (Å²) in [4.78, 5) is 3.86. The van der Waals surface area contributed by atoms with Gasteiger partial charge in [0.2, 0.25) is 0 Å². The molecule has 42 valence electrons. The van der Waals surface area contributed by atoms with Crippen molar-refractivity contribution in [3.05, 3.63) is 16.6 Å².